The number of rotatable bonds is 11. The molecule has 0 aliphatic heterocycles. The van der Waals surface area contributed by atoms with Gasteiger partial charge in [0.1, 0.15) is 17.3 Å². The highest BCUT2D eigenvalue weighted by molar-refractivity contribution is 6.05. The van der Waals surface area contributed by atoms with E-state index in [-0.39, 0.29) is 30.7 Å². The Balaban J connectivity index is 1.67. The molecule has 30 heavy (non-hydrogen) atoms. The predicted molar refractivity (Wildman–Crippen MR) is 114 cm³/mol. The second-order valence-corrected chi connectivity index (χ2v) is 6.23. The van der Waals surface area contributed by atoms with Crippen LogP contribution in [-0.2, 0) is 20.8 Å². The van der Waals surface area contributed by atoms with Gasteiger partial charge in [-0.25, -0.2) is 0 Å². The van der Waals surface area contributed by atoms with E-state index in [9.17, 15) is 9.59 Å². The van der Waals surface area contributed by atoms with Crippen molar-refractivity contribution in [3.8, 4) is 11.5 Å². The third-order valence-corrected chi connectivity index (χ3v) is 4.00. The van der Waals surface area contributed by atoms with Gasteiger partial charge < -0.3 is 30.7 Å². The van der Waals surface area contributed by atoms with Crippen LogP contribution in [-0.4, -0.2) is 45.0 Å². The van der Waals surface area contributed by atoms with Gasteiger partial charge in [-0.1, -0.05) is 29.4 Å². The Kier molecular flexibility index (Phi) is 8.98. The van der Waals surface area contributed by atoms with Gasteiger partial charge in [0.25, 0.3) is 5.91 Å². The van der Waals surface area contributed by atoms with Crippen molar-refractivity contribution >= 4 is 23.3 Å². The first-order valence-corrected chi connectivity index (χ1v) is 9.28. The van der Waals surface area contributed by atoms with Gasteiger partial charge in [0.2, 0.25) is 5.91 Å². The number of oxime groups is 1. The van der Waals surface area contributed by atoms with E-state index in [2.05, 4.69) is 15.8 Å². The number of ether oxygens (including phenoxy) is 2. The van der Waals surface area contributed by atoms with E-state index in [1.807, 2.05) is 24.3 Å². The van der Waals surface area contributed by atoms with Crippen molar-refractivity contribution in [2.24, 2.45) is 10.9 Å². The molecule has 2 amide bonds. The number of benzene rings is 2. The first kappa shape index (κ1) is 22.5. The molecule has 2 rings (SSSR count). The van der Waals surface area contributed by atoms with Gasteiger partial charge in [-0.2, -0.15) is 0 Å². The molecule has 0 saturated heterocycles. The summed E-state index contributed by atoms with van der Waals surface area (Å²) in [7, 11) is 3.12. The number of anilines is 1. The number of carbonyl (C=O) groups is 2. The lowest BCUT2D eigenvalue weighted by Crippen LogP contribution is -2.29. The van der Waals surface area contributed by atoms with Crippen molar-refractivity contribution < 1.29 is 23.9 Å². The second kappa shape index (κ2) is 11.9. The molecule has 0 unspecified atom stereocenters. The fourth-order valence-electron chi connectivity index (χ4n) is 2.50. The predicted octanol–water partition coefficient (Wildman–Crippen LogP) is 1.68. The minimum absolute atomic E-state index is 0.0477. The summed E-state index contributed by atoms with van der Waals surface area (Å²) in [5, 5.41) is 9.00. The highest BCUT2D eigenvalue weighted by atomic mass is 16.6. The Morgan fingerprint density at radius 1 is 1.00 bits per heavy atom. The molecule has 4 N–H and O–H groups in total. The molecule has 0 aliphatic rings. The van der Waals surface area contributed by atoms with Crippen molar-refractivity contribution in [2.45, 2.75) is 12.8 Å². The number of nitrogens with one attached hydrogen (secondary N) is 2. The fraction of sp³-hybridized carbons (Fsp3) is 0.286. The summed E-state index contributed by atoms with van der Waals surface area (Å²) < 4.78 is 10.3. The van der Waals surface area contributed by atoms with Crippen LogP contribution in [0.5, 0.6) is 11.5 Å². The van der Waals surface area contributed by atoms with Crippen LogP contribution in [0.25, 0.3) is 0 Å². The molecular formula is C21H26N4O5. The van der Waals surface area contributed by atoms with Crippen LogP contribution < -0.4 is 25.8 Å². The number of hydrogen-bond acceptors (Lipinski definition) is 6. The zero-order valence-electron chi connectivity index (χ0n) is 17.0. The topological polar surface area (TPSA) is 124 Å². The summed E-state index contributed by atoms with van der Waals surface area (Å²) in [6.07, 6.45) is 0.487. The number of para-hydroxylation sites is 2. The number of amidine groups is 1. The van der Waals surface area contributed by atoms with Crippen LogP contribution in [0.1, 0.15) is 12.0 Å². The first-order chi connectivity index (χ1) is 14.5. The number of carbonyl (C=O) groups excluding carboxylic acids is 2. The fourth-order valence-corrected chi connectivity index (χ4v) is 2.50. The normalized spacial score (nSPS) is 10.8. The molecule has 0 aliphatic carbocycles. The van der Waals surface area contributed by atoms with Gasteiger partial charge in [-0.05, 0) is 36.2 Å². The van der Waals surface area contributed by atoms with Crippen LogP contribution in [0.15, 0.2) is 53.7 Å². The van der Waals surface area contributed by atoms with Crippen LogP contribution in [0.3, 0.4) is 0 Å². The molecule has 0 bridgehead atoms. The SMILES string of the molecule is COc1ccc(CCNC(=O)CON=C(N)CC(=O)Nc2ccccc2OC)cc1. The minimum Gasteiger partial charge on any atom is -0.497 e. The van der Waals surface area contributed by atoms with E-state index in [0.29, 0.717) is 24.4 Å². The molecule has 0 atom stereocenters. The maximum absolute atomic E-state index is 12.0. The van der Waals surface area contributed by atoms with Crippen molar-refractivity contribution in [1.29, 1.82) is 0 Å². The van der Waals surface area contributed by atoms with Crippen molar-refractivity contribution in [2.75, 3.05) is 32.7 Å². The maximum atomic E-state index is 12.0. The van der Waals surface area contributed by atoms with E-state index in [0.717, 1.165) is 11.3 Å². The maximum Gasteiger partial charge on any atom is 0.260 e. The van der Waals surface area contributed by atoms with Gasteiger partial charge in [0.05, 0.1) is 26.3 Å². The van der Waals surface area contributed by atoms with Gasteiger partial charge in [-0.15, -0.1) is 0 Å². The number of hydrogen-bond donors (Lipinski definition) is 3. The molecular weight excluding hydrogens is 388 g/mol. The molecule has 9 nitrogen and oxygen atoms in total. The second-order valence-electron chi connectivity index (χ2n) is 6.23. The molecule has 0 saturated carbocycles. The quantitative estimate of drug-likeness (QED) is 0.292. The number of methoxy groups -OCH3 is 2. The Morgan fingerprint density at radius 3 is 2.43 bits per heavy atom. The zero-order chi connectivity index (χ0) is 21.8. The van der Waals surface area contributed by atoms with Crippen LogP contribution in [0.4, 0.5) is 5.69 Å². The van der Waals surface area contributed by atoms with Crippen molar-refractivity contribution in [1.82, 2.24) is 5.32 Å². The summed E-state index contributed by atoms with van der Waals surface area (Å²) in [5.74, 6) is 0.549. The summed E-state index contributed by atoms with van der Waals surface area (Å²) >= 11 is 0. The highest BCUT2D eigenvalue weighted by Crippen LogP contribution is 2.22. The Labute approximate surface area is 175 Å². The molecule has 9 heteroatoms. The molecule has 160 valence electrons. The lowest BCUT2D eigenvalue weighted by molar-refractivity contribution is -0.125. The van der Waals surface area contributed by atoms with E-state index in [4.69, 9.17) is 20.0 Å². The Morgan fingerprint density at radius 2 is 1.73 bits per heavy atom. The molecule has 0 heterocycles. The Bertz CT molecular complexity index is 868. The van der Waals surface area contributed by atoms with E-state index in [1.165, 1.54) is 7.11 Å². The van der Waals surface area contributed by atoms with E-state index >= 15 is 0 Å². The Hall–Kier alpha value is -3.75. The summed E-state index contributed by atoms with van der Waals surface area (Å²) in [6, 6.07) is 14.6. The van der Waals surface area contributed by atoms with Gasteiger partial charge >= 0.3 is 0 Å². The van der Waals surface area contributed by atoms with Crippen LogP contribution in [0.2, 0.25) is 0 Å². The first-order valence-electron chi connectivity index (χ1n) is 9.28. The van der Waals surface area contributed by atoms with E-state index in [1.54, 1.807) is 31.4 Å². The molecule has 0 radical (unpaired) electrons. The summed E-state index contributed by atoms with van der Waals surface area (Å²) in [4.78, 5) is 28.7. The summed E-state index contributed by atoms with van der Waals surface area (Å²) in [5.41, 5.74) is 7.27. The largest absolute Gasteiger partial charge is 0.497 e. The van der Waals surface area contributed by atoms with Gasteiger partial charge in [-0.3, -0.25) is 9.59 Å². The lowest BCUT2D eigenvalue weighted by Gasteiger charge is -2.09. The van der Waals surface area contributed by atoms with Gasteiger partial charge in [0, 0.05) is 6.54 Å². The highest BCUT2D eigenvalue weighted by Gasteiger charge is 2.09. The third-order valence-electron chi connectivity index (χ3n) is 4.00. The third kappa shape index (κ3) is 7.70. The van der Waals surface area contributed by atoms with Crippen LogP contribution >= 0.6 is 0 Å². The molecule has 2 aromatic carbocycles. The minimum atomic E-state index is -0.381. The zero-order valence-corrected chi connectivity index (χ0v) is 17.0. The summed E-state index contributed by atoms with van der Waals surface area (Å²) in [6.45, 7) is 0.159. The van der Waals surface area contributed by atoms with Crippen molar-refractivity contribution in [3.63, 3.8) is 0 Å². The molecule has 0 spiro atoms. The average Bonchev–Trinajstić information content (AvgIpc) is 2.74. The average molecular weight is 414 g/mol. The molecule has 0 fully saturated rings. The van der Waals surface area contributed by atoms with Crippen LogP contribution in [0, 0.1) is 0 Å². The number of amides is 2. The van der Waals surface area contributed by atoms with Crippen molar-refractivity contribution in [3.05, 3.63) is 54.1 Å². The standard InChI is InChI=1S/C21H26N4O5/c1-28-16-9-7-15(8-10-16)11-12-23-21(27)14-30-25-19(22)13-20(26)24-17-5-3-4-6-18(17)29-2/h3-10H,11-14H2,1-2H3,(H2,22,25)(H,23,27)(H,24,26). The molecule has 0 aromatic heterocycles. The lowest BCUT2D eigenvalue weighted by atomic mass is 10.1. The smallest absolute Gasteiger partial charge is 0.260 e. The monoisotopic (exact) mass is 414 g/mol. The number of nitrogens with two attached hydrogens (primary N) is 1. The van der Waals surface area contributed by atoms with E-state index < -0.39 is 0 Å². The number of nitrogens with zero attached hydrogens (tertiary/aromatic N) is 1. The molecule has 2 aromatic rings. The van der Waals surface area contributed by atoms with Gasteiger partial charge in [0.15, 0.2) is 6.61 Å².